The Balaban J connectivity index is 1.46. The number of amidine groups is 1. The lowest BCUT2D eigenvalue weighted by atomic mass is 9.74. The van der Waals surface area contributed by atoms with E-state index in [-0.39, 0.29) is 41.2 Å². The Morgan fingerprint density at radius 2 is 2.09 bits per heavy atom. The molecule has 1 aromatic heterocycles. The first-order valence-electron chi connectivity index (χ1n) is 10.6. The second kappa shape index (κ2) is 9.20. The van der Waals surface area contributed by atoms with Crippen LogP contribution in [0.15, 0.2) is 30.5 Å². The van der Waals surface area contributed by atoms with Gasteiger partial charge < -0.3 is 20.1 Å². The van der Waals surface area contributed by atoms with E-state index in [1.165, 1.54) is 24.4 Å². The van der Waals surface area contributed by atoms with Crippen molar-refractivity contribution >= 4 is 17.6 Å². The summed E-state index contributed by atoms with van der Waals surface area (Å²) in [4.78, 5) is 17.8. The van der Waals surface area contributed by atoms with Gasteiger partial charge in [0.05, 0.1) is 0 Å². The van der Waals surface area contributed by atoms with Gasteiger partial charge >= 0.3 is 5.97 Å². The van der Waals surface area contributed by atoms with E-state index in [1.807, 2.05) is 4.90 Å². The highest BCUT2D eigenvalue weighted by Gasteiger charge is 2.44. The maximum absolute atomic E-state index is 15.0. The maximum atomic E-state index is 15.0. The molecule has 0 aliphatic carbocycles. The number of hydrogen-bond donors (Lipinski definition) is 2. The van der Waals surface area contributed by atoms with Crippen LogP contribution < -0.4 is 10.6 Å². The van der Waals surface area contributed by atoms with Gasteiger partial charge in [0.2, 0.25) is 0 Å². The zero-order valence-corrected chi connectivity index (χ0v) is 17.7. The molecule has 3 heterocycles. The first-order valence-corrected chi connectivity index (χ1v) is 10.6. The van der Waals surface area contributed by atoms with E-state index in [0.717, 1.165) is 45.6 Å². The third-order valence-electron chi connectivity index (χ3n) is 6.06. The number of rotatable bonds is 6. The van der Waals surface area contributed by atoms with Crippen molar-refractivity contribution < 1.29 is 23.0 Å². The zero-order chi connectivity index (χ0) is 22.7. The number of nitrogens with one attached hydrogen (secondary N) is 1. The molecule has 170 valence electrons. The summed E-state index contributed by atoms with van der Waals surface area (Å²) in [6, 6.07) is 5.89. The van der Waals surface area contributed by atoms with Crippen molar-refractivity contribution in [1.82, 2.24) is 4.98 Å². The van der Waals surface area contributed by atoms with Crippen LogP contribution in [0.4, 0.5) is 14.6 Å². The van der Waals surface area contributed by atoms with E-state index in [9.17, 15) is 13.6 Å². The van der Waals surface area contributed by atoms with Crippen LogP contribution in [0.5, 0.6) is 0 Å². The third kappa shape index (κ3) is 4.72. The molecule has 0 amide bonds. The van der Waals surface area contributed by atoms with Crippen molar-refractivity contribution in [3.05, 3.63) is 47.7 Å². The molecule has 0 unspecified atom stereocenters. The average Bonchev–Trinajstić information content (AvgIpc) is 2.98. The highest BCUT2D eigenvalue weighted by Crippen LogP contribution is 2.42. The van der Waals surface area contributed by atoms with Crippen molar-refractivity contribution in [2.24, 2.45) is 11.1 Å². The number of anilines is 1. The molecule has 4 rings (SSSR count). The molecule has 1 aromatic carbocycles. The molecular formula is C23H26F2N4O3. The van der Waals surface area contributed by atoms with Crippen molar-refractivity contribution in [2.75, 3.05) is 31.2 Å². The molecule has 2 aliphatic rings. The molecule has 3 N–H and O–H groups in total. The minimum atomic E-state index is -0.716. The Bertz CT molecular complexity index is 1010. The summed E-state index contributed by atoms with van der Waals surface area (Å²) in [6.07, 6.45) is 4.16. The van der Waals surface area contributed by atoms with Crippen molar-refractivity contribution in [3.8, 4) is 11.1 Å². The Morgan fingerprint density at radius 1 is 1.28 bits per heavy atom. The minimum Gasteiger partial charge on any atom is -0.460 e. The summed E-state index contributed by atoms with van der Waals surface area (Å²) in [5.74, 6) is -1.88. The fourth-order valence-corrected chi connectivity index (χ4v) is 4.38. The van der Waals surface area contributed by atoms with Crippen molar-refractivity contribution in [1.29, 1.82) is 5.41 Å². The molecule has 0 saturated carbocycles. The van der Waals surface area contributed by atoms with Gasteiger partial charge in [-0.1, -0.05) is 18.2 Å². The zero-order valence-electron chi connectivity index (χ0n) is 17.7. The molecule has 9 heteroatoms. The predicted octanol–water partition coefficient (Wildman–Crippen LogP) is 3.40. The number of halogens is 2. The van der Waals surface area contributed by atoms with Gasteiger partial charge in [-0.15, -0.1) is 0 Å². The second-order valence-electron chi connectivity index (χ2n) is 8.49. The molecule has 0 radical (unpaired) electrons. The van der Waals surface area contributed by atoms with Gasteiger partial charge in [-0.05, 0) is 25.3 Å². The number of pyridine rings is 1. The maximum Gasteiger partial charge on any atom is 0.313 e. The highest BCUT2D eigenvalue weighted by atomic mass is 19.1. The monoisotopic (exact) mass is 444 g/mol. The van der Waals surface area contributed by atoms with Gasteiger partial charge in [0.1, 0.15) is 24.7 Å². The molecular weight excluding hydrogens is 418 g/mol. The van der Waals surface area contributed by atoms with Crippen molar-refractivity contribution in [3.63, 3.8) is 0 Å². The van der Waals surface area contributed by atoms with Gasteiger partial charge in [0.15, 0.2) is 11.6 Å². The van der Waals surface area contributed by atoms with Crippen molar-refractivity contribution in [2.45, 2.75) is 32.3 Å². The number of nitrogens with two attached hydrogens (primary N) is 1. The number of nitrogens with zero attached hydrogens (tertiary/aromatic N) is 2. The predicted molar refractivity (Wildman–Crippen MR) is 115 cm³/mol. The molecule has 7 nitrogen and oxygen atoms in total. The van der Waals surface area contributed by atoms with Crippen LogP contribution in [0.2, 0.25) is 0 Å². The molecule has 2 aromatic rings. The number of carbonyl (C=O) groups is 1. The fourth-order valence-electron chi connectivity index (χ4n) is 4.38. The number of benzene rings is 1. The van der Waals surface area contributed by atoms with E-state index < -0.39 is 17.6 Å². The lowest BCUT2D eigenvalue weighted by Crippen LogP contribution is -2.57. The van der Waals surface area contributed by atoms with Crippen LogP contribution in [0.25, 0.3) is 11.1 Å². The minimum absolute atomic E-state index is 0.143. The summed E-state index contributed by atoms with van der Waals surface area (Å²) in [5.41, 5.74) is 5.95. The summed E-state index contributed by atoms with van der Waals surface area (Å²) < 4.78 is 40.4. The lowest BCUT2D eigenvalue weighted by molar-refractivity contribution is -0.143. The fraction of sp³-hybridized carbons (Fsp3) is 0.435. The molecule has 0 atom stereocenters. The Kier molecular flexibility index (Phi) is 6.36. The van der Waals surface area contributed by atoms with E-state index in [0.29, 0.717) is 5.56 Å². The summed E-state index contributed by atoms with van der Waals surface area (Å²) in [5, 5.41) is 7.10. The molecule has 2 saturated heterocycles. The SMILES string of the molecule is N=C(N)CC(=O)OCc1cccc(-c2cnc(N3CC4(CCCOCC4)C3)c(F)c2)c1F. The normalized spacial score (nSPS) is 17.5. The molecule has 2 aliphatic heterocycles. The molecule has 32 heavy (non-hydrogen) atoms. The molecule has 1 spiro atoms. The third-order valence-corrected chi connectivity index (χ3v) is 6.06. The van der Waals surface area contributed by atoms with E-state index in [4.69, 9.17) is 20.6 Å². The Morgan fingerprint density at radius 3 is 2.84 bits per heavy atom. The van der Waals surface area contributed by atoms with Crippen LogP contribution in [0, 0.1) is 22.5 Å². The Hall–Kier alpha value is -3.07. The second-order valence-corrected chi connectivity index (χ2v) is 8.49. The number of ether oxygens (including phenoxy) is 2. The van der Waals surface area contributed by atoms with Crippen LogP contribution in [-0.2, 0) is 20.9 Å². The van der Waals surface area contributed by atoms with E-state index in [2.05, 4.69) is 4.98 Å². The number of carbonyl (C=O) groups excluding carboxylic acids is 1. The standard InChI is InChI=1S/C23H26F2N4O3/c24-18-9-16(11-28-22(18)29-13-23(14-29)5-2-7-31-8-6-23)17-4-1-3-15(21(17)25)12-32-20(30)10-19(26)27/h1,3-4,9,11H,2,5-8,10,12-14H2,(H3,26,27). The van der Waals surface area contributed by atoms with Gasteiger partial charge in [-0.3, -0.25) is 10.2 Å². The van der Waals surface area contributed by atoms with Gasteiger partial charge in [-0.2, -0.15) is 0 Å². The lowest BCUT2D eigenvalue weighted by Gasteiger charge is -2.50. The topological polar surface area (TPSA) is 102 Å². The summed E-state index contributed by atoms with van der Waals surface area (Å²) >= 11 is 0. The largest absolute Gasteiger partial charge is 0.460 e. The van der Waals surface area contributed by atoms with Crippen LogP contribution >= 0.6 is 0 Å². The summed E-state index contributed by atoms with van der Waals surface area (Å²) in [7, 11) is 0. The first-order chi connectivity index (χ1) is 15.4. The Labute approximate surface area is 185 Å². The number of hydrogen-bond acceptors (Lipinski definition) is 6. The molecule has 2 fully saturated rings. The highest BCUT2D eigenvalue weighted by molar-refractivity contribution is 5.94. The molecule has 0 bridgehead atoms. The number of aromatic nitrogens is 1. The van der Waals surface area contributed by atoms with Crippen LogP contribution in [-0.4, -0.2) is 43.1 Å². The van der Waals surface area contributed by atoms with Crippen LogP contribution in [0.1, 0.15) is 31.2 Å². The van der Waals surface area contributed by atoms with Crippen LogP contribution in [0.3, 0.4) is 0 Å². The van der Waals surface area contributed by atoms with E-state index in [1.54, 1.807) is 6.07 Å². The van der Waals surface area contributed by atoms with Gasteiger partial charge in [-0.25, -0.2) is 13.8 Å². The summed E-state index contributed by atoms with van der Waals surface area (Å²) in [6.45, 7) is 2.70. The average molecular weight is 444 g/mol. The van der Waals surface area contributed by atoms with E-state index >= 15 is 0 Å². The first kappa shape index (κ1) is 22.1. The van der Waals surface area contributed by atoms with Gasteiger partial charge in [0.25, 0.3) is 0 Å². The van der Waals surface area contributed by atoms with Gasteiger partial charge in [0, 0.05) is 54.6 Å². The smallest absolute Gasteiger partial charge is 0.313 e. The number of esters is 1. The quantitative estimate of drug-likeness (QED) is 0.402.